The van der Waals surface area contributed by atoms with Crippen LogP contribution in [0.2, 0.25) is 0 Å². The number of nitrogen functional groups attached to an aromatic ring is 1. The minimum absolute atomic E-state index is 0.304. The first kappa shape index (κ1) is 12.5. The van der Waals surface area contributed by atoms with Gasteiger partial charge in [0.1, 0.15) is 11.3 Å². The standard InChI is InChI=1S/C16H16N2O2/c1-10-3-6-14(11(2)7-10)19-9-16-18-13-5-4-12(17)8-15(13)20-16/h3-8H,9,17H2,1-2H3. The lowest BCUT2D eigenvalue weighted by atomic mass is 10.1. The minimum Gasteiger partial charge on any atom is -0.484 e. The number of nitrogens with two attached hydrogens (primary N) is 1. The quantitative estimate of drug-likeness (QED) is 0.737. The van der Waals surface area contributed by atoms with Crippen molar-refractivity contribution in [3.63, 3.8) is 0 Å². The van der Waals surface area contributed by atoms with Crippen molar-refractivity contribution < 1.29 is 9.15 Å². The molecule has 4 heteroatoms. The summed E-state index contributed by atoms with van der Waals surface area (Å²) in [5.74, 6) is 1.39. The van der Waals surface area contributed by atoms with Crippen LogP contribution >= 0.6 is 0 Å². The van der Waals surface area contributed by atoms with E-state index in [2.05, 4.69) is 18.0 Å². The van der Waals surface area contributed by atoms with E-state index in [9.17, 15) is 0 Å². The van der Waals surface area contributed by atoms with Crippen LogP contribution in [0.25, 0.3) is 11.1 Å². The maximum atomic E-state index is 5.75. The molecular weight excluding hydrogens is 252 g/mol. The molecule has 3 aromatic rings. The predicted molar refractivity (Wildman–Crippen MR) is 78.7 cm³/mol. The molecule has 2 N–H and O–H groups in total. The van der Waals surface area contributed by atoms with Crippen molar-refractivity contribution in [3.8, 4) is 5.75 Å². The molecule has 1 aromatic heterocycles. The van der Waals surface area contributed by atoms with Crippen molar-refractivity contribution in [1.29, 1.82) is 0 Å². The Labute approximate surface area is 117 Å². The van der Waals surface area contributed by atoms with Gasteiger partial charge in [0.15, 0.2) is 12.2 Å². The SMILES string of the molecule is Cc1ccc(OCc2nc3ccc(N)cc3o2)c(C)c1. The maximum Gasteiger partial charge on any atom is 0.233 e. The Kier molecular flexibility index (Phi) is 3.06. The Bertz CT molecular complexity index is 762. The number of aromatic nitrogens is 1. The van der Waals surface area contributed by atoms with E-state index in [0.717, 1.165) is 16.8 Å². The van der Waals surface area contributed by atoms with Crippen LogP contribution in [0, 0.1) is 13.8 Å². The van der Waals surface area contributed by atoms with Crippen LogP contribution in [0.15, 0.2) is 40.8 Å². The fraction of sp³-hybridized carbons (Fsp3) is 0.188. The molecule has 1 heterocycles. The van der Waals surface area contributed by atoms with Gasteiger partial charge >= 0.3 is 0 Å². The zero-order valence-electron chi connectivity index (χ0n) is 11.5. The highest BCUT2D eigenvalue weighted by molar-refractivity contribution is 5.76. The first-order valence-corrected chi connectivity index (χ1v) is 6.47. The monoisotopic (exact) mass is 268 g/mol. The molecule has 0 radical (unpaired) electrons. The molecule has 0 fully saturated rings. The zero-order valence-corrected chi connectivity index (χ0v) is 11.5. The number of aryl methyl sites for hydroxylation is 2. The van der Waals surface area contributed by atoms with Gasteiger partial charge in [-0.25, -0.2) is 4.98 Å². The number of anilines is 1. The summed E-state index contributed by atoms with van der Waals surface area (Å²) in [4.78, 5) is 4.37. The van der Waals surface area contributed by atoms with Gasteiger partial charge < -0.3 is 14.9 Å². The second-order valence-electron chi connectivity index (χ2n) is 4.89. The van der Waals surface area contributed by atoms with Crippen molar-refractivity contribution in [1.82, 2.24) is 4.98 Å². The lowest BCUT2D eigenvalue weighted by Crippen LogP contribution is -1.97. The van der Waals surface area contributed by atoms with Gasteiger partial charge in [-0.15, -0.1) is 0 Å². The number of rotatable bonds is 3. The Hall–Kier alpha value is -2.49. The number of oxazole rings is 1. The number of hydrogen-bond acceptors (Lipinski definition) is 4. The summed E-state index contributed by atoms with van der Waals surface area (Å²) in [6, 6.07) is 11.5. The van der Waals surface area contributed by atoms with Crippen molar-refractivity contribution >= 4 is 16.8 Å². The molecule has 4 nitrogen and oxygen atoms in total. The van der Waals surface area contributed by atoms with E-state index in [0.29, 0.717) is 23.8 Å². The molecule has 0 saturated carbocycles. The fourth-order valence-corrected chi connectivity index (χ4v) is 2.15. The summed E-state index contributed by atoms with van der Waals surface area (Å²) in [6.07, 6.45) is 0. The maximum absolute atomic E-state index is 5.75. The summed E-state index contributed by atoms with van der Waals surface area (Å²) < 4.78 is 11.4. The Morgan fingerprint density at radius 2 is 2.00 bits per heavy atom. The first-order valence-electron chi connectivity index (χ1n) is 6.47. The van der Waals surface area contributed by atoms with Crippen LogP contribution in [0.1, 0.15) is 17.0 Å². The molecule has 3 rings (SSSR count). The third kappa shape index (κ3) is 2.45. The summed E-state index contributed by atoms with van der Waals surface area (Å²) in [6.45, 7) is 4.38. The van der Waals surface area contributed by atoms with Crippen molar-refractivity contribution in [3.05, 3.63) is 53.4 Å². The van der Waals surface area contributed by atoms with Gasteiger partial charge in [-0.05, 0) is 37.6 Å². The van der Waals surface area contributed by atoms with Gasteiger partial charge in [0.05, 0.1) is 0 Å². The summed E-state index contributed by atoms with van der Waals surface area (Å²) in [5.41, 5.74) is 10.2. The molecule has 0 atom stereocenters. The van der Waals surface area contributed by atoms with Crippen molar-refractivity contribution in [2.75, 3.05) is 5.73 Å². The second kappa shape index (κ2) is 4.89. The lowest BCUT2D eigenvalue weighted by Gasteiger charge is -2.07. The van der Waals surface area contributed by atoms with Gasteiger partial charge in [-0.2, -0.15) is 0 Å². The van der Waals surface area contributed by atoms with Gasteiger partial charge in [0.2, 0.25) is 5.89 Å². The largest absolute Gasteiger partial charge is 0.484 e. The number of hydrogen-bond donors (Lipinski definition) is 1. The molecule has 0 unspecified atom stereocenters. The van der Waals surface area contributed by atoms with Gasteiger partial charge in [-0.1, -0.05) is 17.7 Å². The van der Waals surface area contributed by atoms with Crippen LogP contribution in [-0.4, -0.2) is 4.98 Å². The third-order valence-electron chi connectivity index (χ3n) is 3.14. The van der Waals surface area contributed by atoms with E-state index >= 15 is 0 Å². The van der Waals surface area contributed by atoms with E-state index in [1.807, 2.05) is 25.1 Å². The van der Waals surface area contributed by atoms with E-state index in [1.165, 1.54) is 5.56 Å². The molecule has 0 amide bonds. The average Bonchev–Trinajstić information content (AvgIpc) is 2.79. The van der Waals surface area contributed by atoms with E-state index in [1.54, 1.807) is 12.1 Å². The average molecular weight is 268 g/mol. The summed E-state index contributed by atoms with van der Waals surface area (Å²) >= 11 is 0. The van der Waals surface area contributed by atoms with Crippen LogP contribution in [-0.2, 0) is 6.61 Å². The lowest BCUT2D eigenvalue weighted by molar-refractivity contribution is 0.265. The smallest absolute Gasteiger partial charge is 0.233 e. The second-order valence-corrected chi connectivity index (χ2v) is 4.89. The van der Waals surface area contributed by atoms with Crippen molar-refractivity contribution in [2.24, 2.45) is 0 Å². The van der Waals surface area contributed by atoms with Crippen LogP contribution in [0.3, 0.4) is 0 Å². The normalized spacial score (nSPS) is 10.9. The summed E-state index contributed by atoms with van der Waals surface area (Å²) in [5, 5.41) is 0. The van der Waals surface area contributed by atoms with Gasteiger partial charge in [0.25, 0.3) is 0 Å². The molecule has 0 aliphatic rings. The van der Waals surface area contributed by atoms with Crippen molar-refractivity contribution in [2.45, 2.75) is 20.5 Å². The highest BCUT2D eigenvalue weighted by Gasteiger charge is 2.07. The molecular formula is C16H16N2O2. The molecule has 102 valence electrons. The zero-order chi connectivity index (χ0) is 14.1. The Morgan fingerprint density at radius 1 is 1.15 bits per heavy atom. The highest BCUT2D eigenvalue weighted by atomic mass is 16.5. The van der Waals surface area contributed by atoms with Gasteiger partial charge in [0, 0.05) is 11.8 Å². The Morgan fingerprint density at radius 3 is 2.80 bits per heavy atom. The van der Waals surface area contributed by atoms with Crippen LogP contribution in [0.4, 0.5) is 5.69 Å². The van der Waals surface area contributed by atoms with Crippen LogP contribution < -0.4 is 10.5 Å². The van der Waals surface area contributed by atoms with E-state index in [-0.39, 0.29) is 0 Å². The predicted octanol–water partition coefficient (Wildman–Crippen LogP) is 3.61. The number of ether oxygens (including phenoxy) is 1. The molecule has 0 bridgehead atoms. The Balaban J connectivity index is 1.79. The molecule has 20 heavy (non-hydrogen) atoms. The highest BCUT2D eigenvalue weighted by Crippen LogP contribution is 2.22. The first-order chi connectivity index (χ1) is 9.61. The summed E-state index contributed by atoms with van der Waals surface area (Å²) in [7, 11) is 0. The molecule has 0 aliphatic heterocycles. The number of nitrogens with zero attached hydrogens (tertiary/aromatic N) is 1. The molecule has 2 aromatic carbocycles. The minimum atomic E-state index is 0.304. The molecule has 0 saturated heterocycles. The topological polar surface area (TPSA) is 61.3 Å². The molecule has 0 aliphatic carbocycles. The third-order valence-corrected chi connectivity index (χ3v) is 3.14. The number of fused-ring (bicyclic) bond motifs is 1. The van der Waals surface area contributed by atoms with Crippen LogP contribution in [0.5, 0.6) is 5.75 Å². The van der Waals surface area contributed by atoms with Gasteiger partial charge in [-0.3, -0.25) is 0 Å². The van der Waals surface area contributed by atoms with E-state index in [4.69, 9.17) is 14.9 Å². The molecule has 0 spiro atoms. The van der Waals surface area contributed by atoms with E-state index < -0.39 is 0 Å². The number of benzene rings is 2. The fourth-order valence-electron chi connectivity index (χ4n) is 2.15.